The molecule has 1 aliphatic heterocycles. The van der Waals surface area contributed by atoms with Crippen molar-refractivity contribution in [2.45, 2.75) is 18.9 Å². The highest BCUT2D eigenvalue weighted by Crippen LogP contribution is 2.28. The van der Waals surface area contributed by atoms with Gasteiger partial charge in [-0.3, -0.25) is 4.79 Å². The summed E-state index contributed by atoms with van der Waals surface area (Å²) in [4.78, 5) is 11.4. The van der Waals surface area contributed by atoms with Gasteiger partial charge in [0.1, 0.15) is 6.10 Å². The fourth-order valence-corrected chi connectivity index (χ4v) is 2.26. The van der Waals surface area contributed by atoms with Crippen molar-refractivity contribution in [1.82, 2.24) is 0 Å². The SMILES string of the molecule is O=C1C=COC(c2ccc3c(c2)C=CCC=C3)C1. The summed E-state index contributed by atoms with van der Waals surface area (Å²) in [5, 5.41) is 0. The number of ketones is 1. The lowest BCUT2D eigenvalue weighted by atomic mass is 9.97. The molecule has 0 N–H and O–H groups in total. The Labute approximate surface area is 106 Å². The number of allylic oxidation sites excluding steroid dienone is 3. The van der Waals surface area contributed by atoms with E-state index in [1.165, 1.54) is 23.5 Å². The first kappa shape index (κ1) is 11.0. The van der Waals surface area contributed by atoms with Crippen molar-refractivity contribution in [2.24, 2.45) is 0 Å². The van der Waals surface area contributed by atoms with Crippen LogP contribution in [0.1, 0.15) is 35.6 Å². The van der Waals surface area contributed by atoms with Gasteiger partial charge in [-0.25, -0.2) is 0 Å². The third-order valence-electron chi connectivity index (χ3n) is 3.23. The Balaban J connectivity index is 1.95. The van der Waals surface area contributed by atoms with Gasteiger partial charge in [-0.2, -0.15) is 0 Å². The summed E-state index contributed by atoms with van der Waals surface area (Å²) in [6.45, 7) is 0. The Bertz CT molecular complexity index is 564. The number of fused-ring (bicyclic) bond motifs is 1. The van der Waals surface area contributed by atoms with Crippen LogP contribution < -0.4 is 0 Å². The van der Waals surface area contributed by atoms with Gasteiger partial charge in [0.2, 0.25) is 0 Å². The van der Waals surface area contributed by atoms with Gasteiger partial charge in [-0.1, -0.05) is 36.4 Å². The summed E-state index contributed by atoms with van der Waals surface area (Å²) >= 11 is 0. The van der Waals surface area contributed by atoms with Gasteiger partial charge >= 0.3 is 0 Å². The van der Waals surface area contributed by atoms with Gasteiger partial charge in [0.25, 0.3) is 0 Å². The molecule has 1 unspecified atom stereocenters. The monoisotopic (exact) mass is 238 g/mol. The minimum Gasteiger partial charge on any atom is -0.493 e. The van der Waals surface area contributed by atoms with Gasteiger partial charge in [-0.15, -0.1) is 0 Å². The molecule has 18 heavy (non-hydrogen) atoms. The summed E-state index contributed by atoms with van der Waals surface area (Å²) in [6, 6.07) is 6.24. The van der Waals surface area contributed by atoms with Crippen molar-refractivity contribution in [1.29, 1.82) is 0 Å². The molecular weight excluding hydrogens is 224 g/mol. The first-order valence-corrected chi connectivity index (χ1v) is 6.15. The maximum absolute atomic E-state index is 11.4. The molecule has 0 bridgehead atoms. The van der Waals surface area contributed by atoms with E-state index < -0.39 is 0 Å². The van der Waals surface area contributed by atoms with E-state index in [2.05, 4.69) is 36.4 Å². The zero-order chi connectivity index (χ0) is 12.4. The highest BCUT2D eigenvalue weighted by atomic mass is 16.5. The first-order valence-electron chi connectivity index (χ1n) is 6.15. The lowest BCUT2D eigenvalue weighted by Gasteiger charge is -2.19. The average molecular weight is 238 g/mol. The Morgan fingerprint density at radius 2 is 1.89 bits per heavy atom. The molecular formula is C16H14O2. The van der Waals surface area contributed by atoms with Crippen LogP contribution in [0.25, 0.3) is 12.2 Å². The summed E-state index contributed by atoms with van der Waals surface area (Å²) < 4.78 is 5.51. The van der Waals surface area contributed by atoms with E-state index in [9.17, 15) is 4.79 Å². The maximum Gasteiger partial charge on any atom is 0.162 e. The predicted octanol–water partition coefficient (Wildman–Crippen LogP) is 3.66. The Morgan fingerprint density at radius 1 is 1.06 bits per heavy atom. The largest absolute Gasteiger partial charge is 0.493 e. The predicted molar refractivity (Wildman–Crippen MR) is 71.7 cm³/mol. The third kappa shape index (κ3) is 2.14. The van der Waals surface area contributed by atoms with E-state index in [0.29, 0.717) is 6.42 Å². The molecule has 1 aromatic carbocycles. The van der Waals surface area contributed by atoms with Crippen LogP contribution in [0.3, 0.4) is 0 Å². The molecule has 0 saturated carbocycles. The van der Waals surface area contributed by atoms with Crippen LogP contribution in [0.15, 0.2) is 42.7 Å². The number of ether oxygens (including phenoxy) is 1. The number of benzene rings is 1. The van der Waals surface area contributed by atoms with Crippen LogP contribution in [0, 0.1) is 0 Å². The molecule has 3 rings (SSSR count). The molecule has 2 heteroatoms. The molecule has 2 nitrogen and oxygen atoms in total. The number of rotatable bonds is 1. The lowest BCUT2D eigenvalue weighted by molar-refractivity contribution is -0.118. The summed E-state index contributed by atoms with van der Waals surface area (Å²) in [5.41, 5.74) is 3.46. The molecule has 1 atom stereocenters. The minimum atomic E-state index is -0.145. The lowest BCUT2D eigenvalue weighted by Crippen LogP contribution is -2.11. The summed E-state index contributed by atoms with van der Waals surface area (Å²) in [5.74, 6) is 0.122. The minimum absolute atomic E-state index is 0.122. The fourth-order valence-electron chi connectivity index (χ4n) is 2.26. The van der Waals surface area contributed by atoms with E-state index in [1.54, 1.807) is 0 Å². The molecule has 0 spiro atoms. The van der Waals surface area contributed by atoms with Crippen LogP contribution in [-0.4, -0.2) is 5.78 Å². The van der Waals surface area contributed by atoms with Crippen molar-refractivity contribution < 1.29 is 9.53 Å². The van der Waals surface area contributed by atoms with Gasteiger partial charge in [0.15, 0.2) is 5.78 Å². The number of hydrogen-bond acceptors (Lipinski definition) is 2. The average Bonchev–Trinajstić information content (AvgIpc) is 2.63. The van der Waals surface area contributed by atoms with E-state index in [1.807, 2.05) is 6.07 Å². The van der Waals surface area contributed by atoms with Crippen molar-refractivity contribution in [3.8, 4) is 0 Å². The molecule has 1 aliphatic carbocycles. The summed E-state index contributed by atoms with van der Waals surface area (Å²) in [6.07, 6.45) is 12.8. The standard InChI is InChI=1S/C16H14O2/c17-15-8-9-18-16(11-15)14-7-6-12-4-2-1-3-5-13(12)10-14/h2-10,16H,1,11H2. The second-order valence-corrected chi connectivity index (χ2v) is 4.53. The Morgan fingerprint density at radius 3 is 2.72 bits per heavy atom. The van der Waals surface area contributed by atoms with Gasteiger partial charge in [0.05, 0.1) is 12.7 Å². The van der Waals surface area contributed by atoms with Crippen LogP contribution in [-0.2, 0) is 9.53 Å². The van der Waals surface area contributed by atoms with E-state index >= 15 is 0 Å². The van der Waals surface area contributed by atoms with Crippen LogP contribution in [0.5, 0.6) is 0 Å². The van der Waals surface area contributed by atoms with E-state index in [4.69, 9.17) is 4.74 Å². The fraction of sp³-hybridized carbons (Fsp3) is 0.188. The number of hydrogen-bond donors (Lipinski definition) is 0. The Kier molecular flexibility index (Phi) is 2.85. The zero-order valence-corrected chi connectivity index (χ0v) is 10.0. The molecule has 0 saturated heterocycles. The highest BCUT2D eigenvalue weighted by Gasteiger charge is 2.19. The molecule has 1 heterocycles. The number of carbonyl (C=O) groups is 1. The second kappa shape index (κ2) is 4.65. The zero-order valence-electron chi connectivity index (χ0n) is 10.0. The first-order chi connectivity index (χ1) is 8.83. The molecule has 2 aliphatic rings. The number of carbonyl (C=O) groups excluding carboxylic acids is 1. The van der Waals surface area contributed by atoms with Crippen LogP contribution in [0.4, 0.5) is 0 Å². The van der Waals surface area contributed by atoms with Crippen molar-refractivity contribution >= 4 is 17.9 Å². The van der Waals surface area contributed by atoms with E-state index in [-0.39, 0.29) is 11.9 Å². The van der Waals surface area contributed by atoms with Crippen LogP contribution >= 0.6 is 0 Å². The topological polar surface area (TPSA) is 26.3 Å². The van der Waals surface area contributed by atoms with Gasteiger partial charge in [-0.05, 0) is 29.2 Å². The highest BCUT2D eigenvalue weighted by molar-refractivity contribution is 5.90. The third-order valence-corrected chi connectivity index (χ3v) is 3.23. The molecule has 0 aromatic heterocycles. The molecule has 0 fully saturated rings. The van der Waals surface area contributed by atoms with Crippen molar-refractivity contribution in [3.05, 3.63) is 59.4 Å². The molecule has 90 valence electrons. The molecule has 0 amide bonds. The maximum atomic E-state index is 11.4. The van der Waals surface area contributed by atoms with E-state index in [0.717, 1.165) is 12.0 Å². The Hall–Kier alpha value is -2.09. The van der Waals surface area contributed by atoms with Crippen LogP contribution in [0.2, 0.25) is 0 Å². The van der Waals surface area contributed by atoms with Crippen molar-refractivity contribution in [3.63, 3.8) is 0 Å². The molecule has 0 radical (unpaired) electrons. The quantitative estimate of drug-likeness (QED) is 0.746. The normalized spacial score (nSPS) is 21.3. The van der Waals surface area contributed by atoms with Gasteiger partial charge in [0, 0.05) is 6.08 Å². The molecule has 1 aromatic rings. The van der Waals surface area contributed by atoms with Gasteiger partial charge < -0.3 is 4.74 Å². The smallest absolute Gasteiger partial charge is 0.162 e. The summed E-state index contributed by atoms with van der Waals surface area (Å²) in [7, 11) is 0. The van der Waals surface area contributed by atoms with Crippen molar-refractivity contribution in [2.75, 3.05) is 0 Å². The second-order valence-electron chi connectivity index (χ2n) is 4.53.